The van der Waals surface area contributed by atoms with Gasteiger partial charge >= 0.3 is 5.97 Å². The Balaban J connectivity index is 3.05. The van der Waals surface area contributed by atoms with Crippen LogP contribution in [0.5, 0.6) is 0 Å². The van der Waals surface area contributed by atoms with Gasteiger partial charge in [0.15, 0.2) is 0 Å². The van der Waals surface area contributed by atoms with E-state index in [4.69, 9.17) is 5.73 Å². The van der Waals surface area contributed by atoms with E-state index in [1.807, 2.05) is 12.2 Å². The molecule has 0 aliphatic rings. The summed E-state index contributed by atoms with van der Waals surface area (Å²) in [6.07, 6.45) is 5.35. The van der Waals surface area contributed by atoms with Crippen LogP contribution in [0.15, 0.2) is 18.3 Å². The van der Waals surface area contributed by atoms with Crippen molar-refractivity contribution in [3.05, 3.63) is 29.6 Å². The van der Waals surface area contributed by atoms with Gasteiger partial charge in [-0.1, -0.05) is 26.8 Å². The first kappa shape index (κ1) is 13.2. The van der Waals surface area contributed by atoms with Crippen LogP contribution in [0, 0.1) is 5.41 Å². The molecule has 0 aliphatic heterocycles. The fourth-order valence-electron chi connectivity index (χ4n) is 1.20. The highest BCUT2D eigenvalue weighted by atomic mass is 16.5. The monoisotopic (exact) mass is 234 g/mol. The van der Waals surface area contributed by atoms with Crippen molar-refractivity contribution < 1.29 is 9.53 Å². The highest BCUT2D eigenvalue weighted by Crippen LogP contribution is 2.18. The molecule has 0 radical (unpaired) electrons. The van der Waals surface area contributed by atoms with E-state index in [9.17, 15) is 4.79 Å². The van der Waals surface area contributed by atoms with E-state index in [0.717, 1.165) is 0 Å². The zero-order valence-corrected chi connectivity index (χ0v) is 10.7. The fraction of sp³-hybridized carbons (Fsp3) is 0.385. The number of hydrogen-bond acceptors (Lipinski definition) is 4. The molecule has 4 nitrogen and oxygen atoms in total. The number of nitrogens with zero attached hydrogens (tertiary/aromatic N) is 1. The normalized spacial score (nSPS) is 11.8. The molecule has 17 heavy (non-hydrogen) atoms. The molecular formula is C13H18N2O2. The topological polar surface area (TPSA) is 65.2 Å². The number of nitrogen functional groups attached to an aromatic ring is 1. The lowest BCUT2D eigenvalue weighted by Crippen LogP contribution is -2.07. The van der Waals surface area contributed by atoms with Gasteiger partial charge < -0.3 is 10.5 Å². The number of nitrogens with two attached hydrogens (primary N) is 1. The Kier molecular flexibility index (Phi) is 3.89. The number of methoxy groups -OCH3 is 1. The number of esters is 1. The lowest BCUT2D eigenvalue weighted by Gasteiger charge is -2.11. The van der Waals surface area contributed by atoms with Gasteiger partial charge in [-0.15, -0.1) is 0 Å². The van der Waals surface area contributed by atoms with Crippen LogP contribution in [-0.2, 0) is 4.74 Å². The van der Waals surface area contributed by atoms with Gasteiger partial charge in [-0.3, -0.25) is 4.98 Å². The number of carbonyl (C=O) groups is 1. The number of ether oxygens (including phenoxy) is 1. The standard InChI is InChI=1S/C13H18N2O2/c1-13(2,3)6-5-9-7-10(12(16)17-4)11(14)8-15-9/h5-8H,14H2,1-4H3/b6-5+. The Morgan fingerprint density at radius 1 is 1.47 bits per heavy atom. The molecule has 1 rings (SSSR count). The summed E-state index contributed by atoms with van der Waals surface area (Å²) in [4.78, 5) is 15.6. The maximum Gasteiger partial charge on any atom is 0.340 e. The highest BCUT2D eigenvalue weighted by Gasteiger charge is 2.11. The summed E-state index contributed by atoms with van der Waals surface area (Å²) >= 11 is 0. The summed E-state index contributed by atoms with van der Waals surface area (Å²) in [5, 5.41) is 0. The third-order valence-corrected chi connectivity index (χ3v) is 2.12. The van der Waals surface area contributed by atoms with Gasteiger partial charge in [0.1, 0.15) is 0 Å². The van der Waals surface area contributed by atoms with E-state index in [1.54, 1.807) is 6.07 Å². The number of carbonyl (C=O) groups excluding carboxylic acids is 1. The molecule has 1 aromatic rings. The number of hydrogen-bond donors (Lipinski definition) is 1. The number of anilines is 1. The molecule has 0 saturated carbocycles. The number of allylic oxidation sites excluding steroid dienone is 1. The second-order valence-electron chi connectivity index (χ2n) is 4.89. The predicted octanol–water partition coefficient (Wildman–Crippen LogP) is 2.51. The lowest BCUT2D eigenvalue weighted by atomic mass is 9.96. The van der Waals surface area contributed by atoms with Gasteiger partial charge in [0, 0.05) is 0 Å². The first-order valence-corrected chi connectivity index (χ1v) is 5.36. The Morgan fingerprint density at radius 2 is 2.12 bits per heavy atom. The molecule has 0 amide bonds. The first-order valence-electron chi connectivity index (χ1n) is 5.36. The average Bonchev–Trinajstić information content (AvgIpc) is 2.26. The molecule has 0 unspecified atom stereocenters. The molecule has 2 N–H and O–H groups in total. The fourth-order valence-corrected chi connectivity index (χ4v) is 1.20. The summed E-state index contributed by atoms with van der Waals surface area (Å²) in [6, 6.07) is 1.63. The van der Waals surface area contributed by atoms with Crippen molar-refractivity contribution >= 4 is 17.7 Å². The highest BCUT2D eigenvalue weighted by molar-refractivity contribution is 5.95. The quantitative estimate of drug-likeness (QED) is 0.798. The van der Waals surface area contributed by atoms with Gasteiger partial charge in [0.05, 0.1) is 30.3 Å². The van der Waals surface area contributed by atoms with Crippen molar-refractivity contribution in [2.24, 2.45) is 5.41 Å². The Morgan fingerprint density at radius 3 is 2.65 bits per heavy atom. The van der Waals surface area contributed by atoms with Crippen molar-refractivity contribution in [3.63, 3.8) is 0 Å². The van der Waals surface area contributed by atoms with Gasteiger partial charge in [-0.2, -0.15) is 0 Å². The van der Waals surface area contributed by atoms with Crippen molar-refractivity contribution in [1.82, 2.24) is 4.98 Å². The maximum absolute atomic E-state index is 11.4. The van der Waals surface area contributed by atoms with Crippen LogP contribution in [0.2, 0.25) is 0 Å². The molecule has 1 heterocycles. The van der Waals surface area contributed by atoms with Crippen molar-refractivity contribution in [3.8, 4) is 0 Å². The van der Waals surface area contributed by atoms with E-state index >= 15 is 0 Å². The van der Waals surface area contributed by atoms with Crippen LogP contribution in [-0.4, -0.2) is 18.1 Å². The largest absolute Gasteiger partial charge is 0.465 e. The maximum atomic E-state index is 11.4. The van der Waals surface area contributed by atoms with Gasteiger partial charge in [-0.05, 0) is 17.6 Å². The minimum absolute atomic E-state index is 0.0640. The van der Waals surface area contributed by atoms with Crippen LogP contribution < -0.4 is 5.73 Å². The third-order valence-electron chi connectivity index (χ3n) is 2.12. The van der Waals surface area contributed by atoms with E-state index in [1.165, 1.54) is 13.3 Å². The molecule has 0 atom stereocenters. The summed E-state index contributed by atoms with van der Waals surface area (Å²) in [7, 11) is 1.33. The molecule has 0 fully saturated rings. The van der Waals surface area contributed by atoms with Crippen LogP contribution in [0.3, 0.4) is 0 Å². The minimum atomic E-state index is -0.449. The Labute approximate surface area is 101 Å². The third kappa shape index (κ3) is 3.90. The van der Waals surface area contributed by atoms with Crippen molar-refractivity contribution in [2.75, 3.05) is 12.8 Å². The zero-order chi connectivity index (χ0) is 13.1. The van der Waals surface area contributed by atoms with E-state index in [2.05, 4.69) is 30.5 Å². The molecule has 0 bridgehead atoms. The van der Waals surface area contributed by atoms with E-state index in [0.29, 0.717) is 16.9 Å². The number of aromatic nitrogens is 1. The summed E-state index contributed by atoms with van der Waals surface area (Å²) in [5.74, 6) is -0.449. The smallest absolute Gasteiger partial charge is 0.340 e. The summed E-state index contributed by atoms with van der Waals surface area (Å²) in [6.45, 7) is 6.26. The van der Waals surface area contributed by atoms with E-state index in [-0.39, 0.29) is 5.41 Å². The summed E-state index contributed by atoms with van der Waals surface area (Å²) in [5.41, 5.74) is 7.08. The number of rotatable bonds is 2. The molecule has 4 heteroatoms. The molecule has 0 spiro atoms. The molecule has 0 aliphatic carbocycles. The summed E-state index contributed by atoms with van der Waals surface area (Å²) < 4.78 is 4.65. The van der Waals surface area contributed by atoms with Gasteiger partial charge in [0.25, 0.3) is 0 Å². The molecular weight excluding hydrogens is 216 g/mol. The van der Waals surface area contributed by atoms with Crippen LogP contribution >= 0.6 is 0 Å². The Bertz CT molecular complexity index is 445. The van der Waals surface area contributed by atoms with Gasteiger partial charge in [-0.25, -0.2) is 4.79 Å². The number of pyridine rings is 1. The first-order chi connectivity index (χ1) is 7.83. The van der Waals surface area contributed by atoms with Crippen molar-refractivity contribution in [2.45, 2.75) is 20.8 Å². The second kappa shape index (κ2) is 4.99. The minimum Gasteiger partial charge on any atom is -0.465 e. The zero-order valence-electron chi connectivity index (χ0n) is 10.7. The van der Waals surface area contributed by atoms with Crippen LogP contribution in [0.1, 0.15) is 36.8 Å². The van der Waals surface area contributed by atoms with Crippen LogP contribution in [0.25, 0.3) is 6.08 Å². The Hall–Kier alpha value is -1.84. The molecule has 0 aromatic carbocycles. The predicted molar refractivity (Wildman–Crippen MR) is 68.5 cm³/mol. The lowest BCUT2D eigenvalue weighted by molar-refractivity contribution is 0.0602. The van der Waals surface area contributed by atoms with Crippen LogP contribution in [0.4, 0.5) is 5.69 Å². The molecule has 92 valence electrons. The molecule has 0 saturated heterocycles. The van der Waals surface area contributed by atoms with Gasteiger partial charge in [0.2, 0.25) is 0 Å². The average molecular weight is 234 g/mol. The second-order valence-corrected chi connectivity index (χ2v) is 4.89. The molecule has 1 aromatic heterocycles. The van der Waals surface area contributed by atoms with E-state index < -0.39 is 5.97 Å². The van der Waals surface area contributed by atoms with Crippen molar-refractivity contribution in [1.29, 1.82) is 0 Å². The SMILES string of the molecule is COC(=O)c1cc(/C=C/C(C)(C)C)ncc1N.